The number of hydrogen-bond acceptors (Lipinski definition) is 5. The van der Waals surface area contributed by atoms with E-state index >= 15 is 0 Å². The van der Waals surface area contributed by atoms with Crippen molar-refractivity contribution in [2.24, 2.45) is 5.73 Å². The van der Waals surface area contributed by atoms with Crippen molar-refractivity contribution in [1.29, 1.82) is 0 Å². The summed E-state index contributed by atoms with van der Waals surface area (Å²) < 4.78 is 0. The minimum atomic E-state index is -1.02. The summed E-state index contributed by atoms with van der Waals surface area (Å²) in [6.45, 7) is 1.22. The van der Waals surface area contributed by atoms with Crippen LogP contribution in [-0.4, -0.2) is 45.7 Å². The first kappa shape index (κ1) is 18.9. The maximum Gasteiger partial charge on any atom is 0.320 e. The highest BCUT2D eigenvalue weighted by atomic mass is 16.4. The number of rotatable bonds is 4. The third-order valence-electron chi connectivity index (χ3n) is 4.30. The van der Waals surface area contributed by atoms with Crippen LogP contribution in [0.25, 0.3) is 0 Å². The van der Waals surface area contributed by atoms with Crippen molar-refractivity contribution >= 4 is 5.97 Å². The number of nitrogens with two attached hydrogens (primary N) is 1. The second-order valence-corrected chi connectivity index (χ2v) is 6.24. The predicted octanol–water partition coefficient (Wildman–Crippen LogP) is 2.19. The number of carboxylic acids is 1. The van der Waals surface area contributed by atoms with Crippen LogP contribution in [0.1, 0.15) is 30.0 Å². The van der Waals surface area contributed by atoms with Crippen LogP contribution in [0.5, 0.6) is 5.75 Å². The summed E-state index contributed by atoms with van der Waals surface area (Å²) >= 11 is 0. The number of nitrogens with zero attached hydrogens (tertiary/aromatic N) is 2. The molecule has 0 saturated carbocycles. The van der Waals surface area contributed by atoms with Crippen molar-refractivity contribution in [1.82, 2.24) is 9.88 Å². The molecule has 2 heterocycles. The molecule has 1 aromatic carbocycles. The summed E-state index contributed by atoms with van der Waals surface area (Å²) in [6, 6.07) is 10.2. The molecule has 2 aromatic rings. The van der Waals surface area contributed by atoms with Gasteiger partial charge in [0.15, 0.2) is 0 Å². The van der Waals surface area contributed by atoms with Crippen molar-refractivity contribution < 1.29 is 15.0 Å². The molecule has 1 fully saturated rings. The van der Waals surface area contributed by atoms with E-state index < -0.39 is 12.0 Å². The SMILES string of the molecule is CN1CCCC1c1cccnc1.NC(Cc1ccc(O)cc1)C(=O)O. The molecule has 2 unspecified atom stereocenters. The molecule has 3 rings (SSSR count). The summed E-state index contributed by atoms with van der Waals surface area (Å²) in [6.07, 6.45) is 6.68. The molecular formula is C19H25N3O3. The lowest BCUT2D eigenvalue weighted by Crippen LogP contribution is -2.32. The van der Waals surface area contributed by atoms with E-state index in [0.717, 1.165) is 5.56 Å². The molecule has 0 aliphatic carbocycles. The van der Waals surface area contributed by atoms with Gasteiger partial charge in [-0.1, -0.05) is 18.2 Å². The van der Waals surface area contributed by atoms with Crippen molar-refractivity contribution in [3.8, 4) is 5.75 Å². The van der Waals surface area contributed by atoms with Crippen LogP contribution < -0.4 is 5.73 Å². The molecule has 6 nitrogen and oxygen atoms in total. The Hall–Kier alpha value is -2.44. The van der Waals surface area contributed by atoms with Crippen LogP contribution in [-0.2, 0) is 11.2 Å². The van der Waals surface area contributed by atoms with Crippen LogP contribution >= 0.6 is 0 Å². The standard InChI is InChI=1S/C10H14N2.C9H11NO3/c1-12-7-3-5-10(12)9-4-2-6-11-8-9;10-8(9(12)13)5-6-1-3-7(11)4-2-6/h2,4,6,8,10H,3,5,7H2,1H3;1-4,8,11H,5,10H2,(H,12,13). The van der Waals surface area contributed by atoms with Gasteiger partial charge in [0.25, 0.3) is 0 Å². The molecule has 0 radical (unpaired) electrons. The Morgan fingerprint density at radius 2 is 2.08 bits per heavy atom. The van der Waals surface area contributed by atoms with Crippen molar-refractivity contribution in [3.63, 3.8) is 0 Å². The minimum absolute atomic E-state index is 0.160. The number of carbonyl (C=O) groups is 1. The normalized spacial score (nSPS) is 18.2. The summed E-state index contributed by atoms with van der Waals surface area (Å²) in [4.78, 5) is 16.9. The van der Waals surface area contributed by atoms with Gasteiger partial charge < -0.3 is 15.9 Å². The first-order valence-electron chi connectivity index (χ1n) is 8.34. The second-order valence-electron chi connectivity index (χ2n) is 6.24. The van der Waals surface area contributed by atoms with Gasteiger partial charge in [0, 0.05) is 18.4 Å². The molecule has 134 valence electrons. The highest BCUT2D eigenvalue weighted by Gasteiger charge is 2.21. The third kappa shape index (κ3) is 5.85. The number of likely N-dealkylation sites (tertiary alicyclic amines) is 1. The number of phenols is 1. The molecule has 2 atom stereocenters. The molecule has 1 aliphatic heterocycles. The van der Waals surface area contributed by atoms with E-state index in [2.05, 4.69) is 23.0 Å². The largest absolute Gasteiger partial charge is 0.508 e. The highest BCUT2D eigenvalue weighted by Crippen LogP contribution is 2.29. The van der Waals surface area contributed by atoms with Gasteiger partial charge in [-0.15, -0.1) is 0 Å². The molecular weight excluding hydrogens is 318 g/mol. The Morgan fingerprint density at radius 3 is 2.60 bits per heavy atom. The first-order chi connectivity index (χ1) is 12.0. The quantitative estimate of drug-likeness (QED) is 0.787. The zero-order valence-corrected chi connectivity index (χ0v) is 14.4. The molecule has 0 spiro atoms. The van der Waals surface area contributed by atoms with Crippen molar-refractivity contribution in [3.05, 3.63) is 59.9 Å². The number of benzene rings is 1. The Bertz CT molecular complexity index is 661. The number of phenolic OH excluding ortho intramolecular Hbond substituents is 1. The number of hydrogen-bond donors (Lipinski definition) is 3. The number of carboxylic acid groups (broad SMARTS) is 1. The first-order valence-corrected chi connectivity index (χ1v) is 8.34. The Labute approximate surface area is 147 Å². The van der Waals surface area contributed by atoms with E-state index in [4.69, 9.17) is 15.9 Å². The second kappa shape index (κ2) is 9.15. The number of pyridine rings is 1. The van der Waals surface area contributed by atoms with E-state index in [1.165, 1.54) is 37.1 Å². The van der Waals surface area contributed by atoms with Crippen LogP contribution in [0.2, 0.25) is 0 Å². The van der Waals surface area contributed by atoms with Gasteiger partial charge in [-0.25, -0.2) is 0 Å². The fraction of sp³-hybridized carbons (Fsp3) is 0.368. The fourth-order valence-electron chi connectivity index (χ4n) is 2.88. The molecule has 4 N–H and O–H groups in total. The maximum absolute atomic E-state index is 10.4. The van der Waals surface area contributed by atoms with Gasteiger partial charge in [0.2, 0.25) is 0 Å². The molecule has 0 bridgehead atoms. The molecule has 1 saturated heterocycles. The Balaban J connectivity index is 0.000000181. The zero-order chi connectivity index (χ0) is 18.2. The van der Waals surface area contributed by atoms with Gasteiger partial charge >= 0.3 is 5.97 Å². The van der Waals surface area contributed by atoms with Crippen LogP contribution in [0.15, 0.2) is 48.8 Å². The summed E-state index contributed by atoms with van der Waals surface area (Å²) in [5.74, 6) is -0.860. The van der Waals surface area contributed by atoms with Gasteiger partial charge in [0.1, 0.15) is 11.8 Å². The molecule has 1 aliphatic rings. The maximum atomic E-state index is 10.4. The summed E-state index contributed by atoms with van der Waals surface area (Å²) in [5, 5.41) is 17.5. The summed E-state index contributed by atoms with van der Waals surface area (Å²) in [7, 11) is 2.19. The average molecular weight is 343 g/mol. The van der Waals surface area contributed by atoms with Gasteiger partial charge in [-0.3, -0.25) is 14.7 Å². The number of aromatic hydroxyl groups is 1. The Kier molecular flexibility index (Phi) is 6.91. The Morgan fingerprint density at radius 1 is 1.36 bits per heavy atom. The third-order valence-corrected chi connectivity index (χ3v) is 4.30. The van der Waals surface area contributed by atoms with E-state index in [0.29, 0.717) is 6.04 Å². The van der Waals surface area contributed by atoms with Crippen LogP contribution in [0, 0.1) is 0 Å². The number of aliphatic carboxylic acids is 1. The van der Waals surface area contributed by atoms with Gasteiger partial charge in [0.05, 0.1) is 0 Å². The zero-order valence-electron chi connectivity index (χ0n) is 14.4. The number of aromatic nitrogens is 1. The van der Waals surface area contributed by atoms with Gasteiger partial charge in [-0.2, -0.15) is 0 Å². The molecule has 1 aromatic heterocycles. The van der Waals surface area contributed by atoms with Crippen LogP contribution in [0.4, 0.5) is 0 Å². The van der Waals surface area contributed by atoms with Crippen LogP contribution in [0.3, 0.4) is 0 Å². The smallest absolute Gasteiger partial charge is 0.320 e. The average Bonchev–Trinajstić information content (AvgIpc) is 3.04. The lowest BCUT2D eigenvalue weighted by atomic mass is 10.1. The fourth-order valence-corrected chi connectivity index (χ4v) is 2.88. The highest BCUT2D eigenvalue weighted by molar-refractivity contribution is 5.73. The van der Waals surface area contributed by atoms with E-state index in [1.54, 1.807) is 12.1 Å². The molecule has 0 amide bonds. The molecule has 6 heteroatoms. The summed E-state index contributed by atoms with van der Waals surface area (Å²) in [5.41, 5.74) is 7.48. The van der Waals surface area contributed by atoms with Gasteiger partial charge in [-0.05, 0) is 62.2 Å². The van der Waals surface area contributed by atoms with Crippen molar-refractivity contribution in [2.45, 2.75) is 31.3 Å². The minimum Gasteiger partial charge on any atom is -0.508 e. The molecule has 25 heavy (non-hydrogen) atoms. The lowest BCUT2D eigenvalue weighted by Gasteiger charge is -2.18. The van der Waals surface area contributed by atoms with E-state index in [1.807, 2.05) is 18.5 Å². The van der Waals surface area contributed by atoms with E-state index in [9.17, 15) is 4.79 Å². The lowest BCUT2D eigenvalue weighted by molar-refractivity contribution is -0.138. The van der Waals surface area contributed by atoms with E-state index in [-0.39, 0.29) is 12.2 Å². The van der Waals surface area contributed by atoms with Crippen molar-refractivity contribution in [2.75, 3.05) is 13.6 Å². The monoisotopic (exact) mass is 343 g/mol. The topological polar surface area (TPSA) is 99.7 Å². The predicted molar refractivity (Wildman–Crippen MR) is 96.3 cm³/mol.